The second-order valence-corrected chi connectivity index (χ2v) is 15.7. The number of aryl methyl sites for hydroxylation is 1. The quantitative estimate of drug-likeness (QED) is 0.152. The van der Waals surface area contributed by atoms with Crippen molar-refractivity contribution in [2.45, 2.75) is 62.0 Å². The zero-order chi connectivity index (χ0) is 34.4. The molecule has 248 valence electrons. The Bertz CT molecular complexity index is 1770. The normalized spacial score (nSPS) is 12.3. The highest BCUT2D eigenvalue weighted by molar-refractivity contribution is 7.98. The molecule has 4 rings (SSSR count). The molecular formula is C36H39Cl2N3O4S2. The maximum absolute atomic E-state index is 14.7. The van der Waals surface area contributed by atoms with Crippen molar-refractivity contribution in [1.82, 2.24) is 10.2 Å². The molecule has 0 spiro atoms. The van der Waals surface area contributed by atoms with E-state index in [1.807, 2.05) is 64.3 Å². The number of thioether (sulfide) groups is 1. The van der Waals surface area contributed by atoms with Crippen molar-refractivity contribution in [2.75, 3.05) is 17.1 Å². The van der Waals surface area contributed by atoms with Crippen LogP contribution in [-0.4, -0.2) is 49.5 Å². The van der Waals surface area contributed by atoms with E-state index in [1.165, 1.54) is 28.8 Å². The summed E-state index contributed by atoms with van der Waals surface area (Å²) in [6, 6.07) is 26.8. The van der Waals surface area contributed by atoms with Gasteiger partial charge in [-0.3, -0.25) is 13.9 Å². The second-order valence-electron chi connectivity index (χ2n) is 12.2. The zero-order valence-corrected chi connectivity index (χ0v) is 30.2. The van der Waals surface area contributed by atoms with E-state index in [9.17, 15) is 18.0 Å². The van der Waals surface area contributed by atoms with Gasteiger partial charge in [0.05, 0.1) is 10.6 Å². The van der Waals surface area contributed by atoms with Crippen molar-refractivity contribution >= 4 is 62.5 Å². The maximum atomic E-state index is 14.7. The molecule has 4 aromatic rings. The van der Waals surface area contributed by atoms with Gasteiger partial charge in [0.2, 0.25) is 11.8 Å². The summed E-state index contributed by atoms with van der Waals surface area (Å²) in [6.45, 7) is 6.76. The molecule has 1 unspecified atom stereocenters. The number of sulfonamides is 1. The number of benzene rings is 4. The lowest BCUT2D eigenvalue weighted by molar-refractivity contribution is -0.140. The van der Waals surface area contributed by atoms with Gasteiger partial charge in [-0.15, -0.1) is 11.8 Å². The molecular weight excluding hydrogens is 673 g/mol. The zero-order valence-electron chi connectivity index (χ0n) is 27.0. The largest absolute Gasteiger partial charge is 0.350 e. The Morgan fingerprint density at radius 3 is 2.00 bits per heavy atom. The summed E-state index contributed by atoms with van der Waals surface area (Å²) in [5, 5.41) is 3.66. The van der Waals surface area contributed by atoms with E-state index in [4.69, 9.17) is 23.2 Å². The first-order chi connectivity index (χ1) is 22.2. The molecule has 2 amide bonds. The number of hydrogen-bond acceptors (Lipinski definition) is 5. The third kappa shape index (κ3) is 9.54. The monoisotopic (exact) mass is 711 g/mol. The van der Waals surface area contributed by atoms with E-state index < -0.39 is 40.0 Å². The second kappa shape index (κ2) is 15.6. The van der Waals surface area contributed by atoms with Crippen LogP contribution in [0.5, 0.6) is 0 Å². The number of nitrogens with one attached hydrogen (secondary N) is 1. The molecule has 0 saturated heterocycles. The van der Waals surface area contributed by atoms with Crippen molar-refractivity contribution < 1.29 is 18.0 Å². The highest BCUT2D eigenvalue weighted by Crippen LogP contribution is 2.30. The molecule has 0 aromatic heterocycles. The van der Waals surface area contributed by atoms with Crippen molar-refractivity contribution in [2.24, 2.45) is 0 Å². The summed E-state index contributed by atoms with van der Waals surface area (Å²) in [5.74, 6) is -0.994. The fourth-order valence-electron chi connectivity index (χ4n) is 4.98. The standard InChI is InChI=1S/C36H39Cl2N3O4S2/c1-25-14-16-27(17-15-25)41(47(44,45)29-20-18-28(46-5)19-21-29)24-34(42)40(23-30-31(37)12-9-13-32(30)38)33(35(43)39-36(2,3)4)22-26-10-7-6-8-11-26/h6-21,33H,22-24H2,1-5H3,(H,39,43). The van der Waals surface area contributed by atoms with Gasteiger partial charge in [0.25, 0.3) is 10.0 Å². The summed E-state index contributed by atoms with van der Waals surface area (Å²) < 4.78 is 29.6. The van der Waals surface area contributed by atoms with Crippen LogP contribution in [0.1, 0.15) is 37.5 Å². The fraction of sp³-hybridized carbons (Fsp3) is 0.278. The van der Waals surface area contributed by atoms with E-state index in [0.717, 1.165) is 20.3 Å². The van der Waals surface area contributed by atoms with Crippen molar-refractivity contribution in [3.8, 4) is 0 Å². The van der Waals surface area contributed by atoms with Crippen LogP contribution in [0.4, 0.5) is 5.69 Å². The lowest BCUT2D eigenvalue weighted by Gasteiger charge is -2.35. The maximum Gasteiger partial charge on any atom is 0.264 e. The Morgan fingerprint density at radius 2 is 1.45 bits per heavy atom. The molecule has 1 atom stereocenters. The van der Waals surface area contributed by atoms with E-state index >= 15 is 0 Å². The summed E-state index contributed by atoms with van der Waals surface area (Å²) in [7, 11) is -4.22. The summed E-state index contributed by atoms with van der Waals surface area (Å²) in [5.41, 5.74) is 1.90. The molecule has 0 aliphatic rings. The van der Waals surface area contributed by atoms with E-state index in [1.54, 1.807) is 54.6 Å². The molecule has 11 heteroatoms. The molecule has 0 heterocycles. The summed E-state index contributed by atoms with van der Waals surface area (Å²) in [4.78, 5) is 31.0. The molecule has 4 aromatic carbocycles. The number of halogens is 2. The van der Waals surface area contributed by atoms with Gasteiger partial charge in [0.15, 0.2) is 0 Å². The average Bonchev–Trinajstić information content (AvgIpc) is 3.02. The SMILES string of the molecule is CSc1ccc(S(=O)(=O)N(CC(=O)N(Cc2c(Cl)cccc2Cl)C(Cc2ccccc2)C(=O)NC(C)(C)C)c2ccc(C)cc2)cc1. The lowest BCUT2D eigenvalue weighted by Crippen LogP contribution is -2.56. The lowest BCUT2D eigenvalue weighted by atomic mass is 10.0. The minimum absolute atomic E-state index is 0.0377. The Morgan fingerprint density at radius 1 is 0.851 bits per heavy atom. The first kappa shape index (κ1) is 36.3. The van der Waals surface area contributed by atoms with Crippen LogP contribution in [0.25, 0.3) is 0 Å². The number of hydrogen-bond donors (Lipinski definition) is 1. The Balaban J connectivity index is 1.85. The minimum Gasteiger partial charge on any atom is -0.350 e. The molecule has 47 heavy (non-hydrogen) atoms. The van der Waals surface area contributed by atoms with Gasteiger partial charge in [-0.2, -0.15) is 0 Å². The summed E-state index contributed by atoms with van der Waals surface area (Å²) in [6.07, 6.45) is 2.08. The number of nitrogens with zero attached hydrogens (tertiary/aromatic N) is 2. The van der Waals surface area contributed by atoms with Crippen LogP contribution in [0, 0.1) is 6.92 Å². The molecule has 0 aliphatic heterocycles. The van der Waals surface area contributed by atoms with Gasteiger partial charge in [-0.25, -0.2) is 8.42 Å². The highest BCUT2D eigenvalue weighted by Gasteiger charge is 2.36. The van der Waals surface area contributed by atoms with E-state index in [-0.39, 0.29) is 17.9 Å². The molecule has 0 fully saturated rings. The third-order valence-electron chi connectivity index (χ3n) is 7.41. The van der Waals surface area contributed by atoms with Crippen molar-refractivity contribution in [3.05, 3.63) is 124 Å². The van der Waals surface area contributed by atoms with Gasteiger partial charge < -0.3 is 10.2 Å². The Hall–Kier alpha value is -3.50. The Labute approximate surface area is 292 Å². The number of carbonyl (C=O) groups is 2. The van der Waals surface area contributed by atoms with Crippen LogP contribution in [0.2, 0.25) is 10.0 Å². The average molecular weight is 713 g/mol. The van der Waals surface area contributed by atoms with Gasteiger partial charge in [-0.05, 0) is 88.0 Å². The van der Waals surface area contributed by atoms with E-state index in [2.05, 4.69) is 5.32 Å². The topological polar surface area (TPSA) is 86.8 Å². The number of carbonyl (C=O) groups excluding carboxylic acids is 2. The van der Waals surface area contributed by atoms with Crippen molar-refractivity contribution in [1.29, 1.82) is 0 Å². The predicted molar refractivity (Wildman–Crippen MR) is 193 cm³/mol. The molecule has 0 radical (unpaired) electrons. The molecule has 0 saturated carbocycles. The van der Waals surface area contributed by atoms with Crippen LogP contribution >= 0.6 is 35.0 Å². The molecule has 0 bridgehead atoms. The number of anilines is 1. The van der Waals surface area contributed by atoms with Crippen LogP contribution in [0.15, 0.2) is 107 Å². The molecule has 1 N–H and O–H groups in total. The first-order valence-electron chi connectivity index (χ1n) is 15.0. The molecule has 7 nitrogen and oxygen atoms in total. The van der Waals surface area contributed by atoms with Gasteiger partial charge >= 0.3 is 0 Å². The predicted octanol–water partition coefficient (Wildman–Crippen LogP) is 7.77. The summed E-state index contributed by atoms with van der Waals surface area (Å²) >= 11 is 14.7. The minimum atomic E-state index is -4.22. The fourth-order valence-corrected chi connectivity index (χ4v) is 7.31. The third-order valence-corrected chi connectivity index (χ3v) is 10.6. The molecule has 0 aliphatic carbocycles. The number of rotatable bonds is 12. The van der Waals surface area contributed by atoms with Crippen LogP contribution < -0.4 is 9.62 Å². The van der Waals surface area contributed by atoms with Crippen LogP contribution in [0.3, 0.4) is 0 Å². The van der Waals surface area contributed by atoms with Gasteiger partial charge in [-0.1, -0.05) is 77.3 Å². The highest BCUT2D eigenvalue weighted by atomic mass is 35.5. The van der Waals surface area contributed by atoms with Gasteiger partial charge in [0, 0.05) is 39.0 Å². The van der Waals surface area contributed by atoms with E-state index in [0.29, 0.717) is 21.3 Å². The number of amides is 2. The van der Waals surface area contributed by atoms with Crippen molar-refractivity contribution in [3.63, 3.8) is 0 Å². The van der Waals surface area contributed by atoms with Crippen LogP contribution in [-0.2, 0) is 32.6 Å². The smallest absolute Gasteiger partial charge is 0.264 e. The van der Waals surface area contributed by atoms with Gasteiger partial charge in [0.1, 0.15) is 12.6 Å². The Kier molecular flexibility index (Phi) is 12.1. The first-order valence-corrected chi connectivity index (χ1v) is 18.4.